The summed E-state index contributed by atoms with van der Waals surface area (Å²) in [4.78, 5) is 11.0. The number of carbonyl (C=O) groups is 1. The number of nitrogens with one attached hydrogen (secondary N) is 1. The third-order valence-corrected chi connectivity index (χ3v) is 4.18. The quantitative estimate of drug-likeness (QED) is 0.670. The summed E-state index contributed by atoms with van der Waals surface area (Å²) >= 11 is 0. The summed E-state index contributed by atoms with van der Waals surface area (Å²) in [6, 6.07) is 9.25. The van der Waals surface area contributed by atoms with Gasteiger partial charge in [-0.25, -0.2) is 12.8 Å². The lowest BCUT2D eigenvalue weighted by atomic mass is 10.1. The molecule has 5 nitrogen and oxygen atoms in total. The number of Topliss-reactive ketones (excluding diaryl/α,β-unsaturated/α-hetero) is 1. The Balaban J connectivity index is 2.35. The maximum Gasteiger partial charge on any atom is 0.261 e. The zero-order valence-electron chi connectivity index (χ0n) is 11.1. The highest BCUT2D eigenvalue weighted by Gasteiger charge is 2.16. The van der Waals surface area contributed by atoms with Gasteiger partial charge in [0, 0.05) is 11.3 Å². The highest BCUT2D eigenvalue weighted by atomic mass is 32.2. The SMILES string of the molecule is CC(=O)c1cccc(NS(=O)(=O)c2ccc(N)c(F)c2)c1. The number of halogens is 1. The average Bonchev–Trinajstić information content (AvgIpc) is 2.41. The van der Waals surface area contributed by atoms with Crippen LogP contribution in [0, 0.1) is 5.82 Å². The first-order valence-electron chi connectivity index (χ1n) is 5.98. The second-order valence-electron chi connectivity index (χ2n) is 4.43. The van der Waals surface area contributed by atoms with Crippen LogP contribution in [0.3, 0.4) is 0 Å². The Morgan fingerprint density at radius 2 is 1.90 bits per heavy atom. The molecule has 0 aromatic heterocycles. The van der Waals surface area contributed by atoms with E-state index < -0.39 is 15.8 Å². The summed E-state index contributed by atoms with van der Waals surface area (Å²) < 4.78 is 39.9. The van der Waals surface area contributed by atoms with Crippen LogP contribution < -0.4 is 10.5 Å². The van der Waals surface area contributed by atoms with Crippen molar-refractivity contribution in [3.05, 3.63) is 53.8 Å². The summed E-state index contributed by atoms with van der Waals surface area (Å²) in [5.41, 5.74) is 5.77. The summed E-state index contributed by atoms with van der Waals surface area (Å²) in [7, 11) is -3.95. The lowest BCUT2D eigenvalue weighted by molar-refractivity contribution is 0.101. The number of carbonyl (C=O) groups excluding carboxylic acids is 1. The number of hydrogen-bond donors (Lipinski definition) is 2. The third kappa shape index (κ3) is 3.38. The number of nitrogen functional groups attached to an aromatic ring is 1. The van der Waals surface area contributed by atoms with Gasteiger partial charge in [-0.3, -0.25) is 9.52 Å². The second kappa shape index (κ2) is 5.53. The van der Waals surface area contributed by atoms with E-state index >= 15 is 0 Å². The Kier molecular flexibility index (Phi) is 3.95. The van der Waals surface area contributed by atoms with Crippen molar-refractivity contribution in [1.29, 1.82) is 0 Å². The van der Waals surface area contributed by atoms with E-state index in [1.807, 2.05) is 0 Å². The minimum Gasteiger partial charge on any atom is -0.396 e. The summed E-state index contributed by atoms with van der Waals surface area (Å²) in [6.07, 6.45) is 0. The number of nitrogens with two attached hydrogens (primary N) is 1. The van der Waals surface area contributed by atoms with Gasteiger partial charge in [0.25, 0.3) is 10.0 Å². The standard InChI is InChI=1S/C14H13FN2O3S/c1-9(18)10-3-2-4-11(7-10)17-21(19,20)12-5-6-14(16)13(15)8-12/h2-8,17H,16H2,1H3. The highest BCUT2D eigenvalue weighted by Crippen LogP contribution is 2.20. The molecule has 3 N–H and O–H groups in total. The van der Waals surface area contributed by atoms with Gasteiger partial charge in [0.2, 0.25) is 0 Å². The van der Waals surface area contributed by atoms with Crippen molar-refractivity contribution in [1.82, 2.24) is 0 Å². The number of hydrogen-bond acceptors (Lipinski definition) is 4. The zero-order valence-corrected chi connectivity index (χ0v) is 11.9. The lowest BCUT2D eigenvalue weighted by Crippen LogP contribution is -2.13. The highest BCUT2D eigenvalue weighted by molar-refractivity contribution is 7.92. The van der Waals surface area contributed by atoms with Crippen LogP contribution in [-0.2, 0) is 10.0 Å². The van der Waals surface area contributed by atoms with Crippen LogP contribution >= 0.6 is 0 Å². The molecular formula is C14H13FN2O3S. The summed E-state index contributed by atoms with van der Waals surface area (Å²) in [6.45, 7) is 1.38. The van der Waals surface area contributed by atoms with Gasteiger partial charge in [-0.05, 0) is 37.3 Å². The smallest absolute Gasteiger partial charge is 0.261 e. The zero-order chi connectivity index (χ0) is 15.6. The molecule has 21 heavy (non-hydrogen) atoms. The molecule has 110 valence electrons. The molecule has 0 unspecified atom stereocenters. The maximum absolute atomic E-state index is 13.4. The molecular weight excluding hydrogens is 295 g/mol. The monoisotopic (exact) mass is 308 g/mol. The van der Waals surface area contributed by atoms with Crippen molar-refractivity contribution in [2.45, 2.75) is 11.8 Å². The fourth-order valence-corrected chi connectivity index (χ4v) is 2.75. The van der Waals surface area contributed by atoms with E-state index in [1.54, 1.807) is 12.1 Å². The van der Waals surface area contributed by atoms with Crippen molar-refractivity contribution in [2.75, 3.05) is 10.5 Å². The number of rotatable bonds is 4. The first-order valence-corrected chi connectivity index (χ1v) is 7.47. The minimum atomic E-state index is -3.95. The van der Waals surface area contributed by atoms with Crippen molar-refractivity contribution in [2.24, 2.45) is 0 Å². The molecule has 0 aliphatic heterocycles. The molecule has 0 spiro atoms. The normalized spacial score (nSPS) is 11.1. The van der Waals surface area contributed by atoms with Crippen molar-refractivity contribution < 1.29 is 17.6 Å². The van der Waals surface area contributed by atoms with E-state index in [0.717, 1.165) is 6.07 Å². The van der Waals surface area contributed by atoms with E-state index in [1.165, 1.54) is 31.2 Å². The number of ketones is 1. The Morgan fingerprint density at radius 3 is 2.52 bits per heavy atom. The molecule has 0 saturated carbocycles. The molecule has 0 radical (unpaired) electrons. The van der Waals surface area contributed by atoms with Crippen molar-refractivity contribution >= 4 is 27.2 Å². The molecule has 0 fully saturated rings. The second-order valence-corrected chi connectivity index (χ2v) is 6.11. The Hall–Kier alpha value is -2.41. The molecule has 0 aliphatic carbocycles. The number of benzene rings is 2. The molecule has 2 aromatic carbocycles. The van der Waals surface area contributed by atoms with E-state index in [4.69, 9.17) is 5.73 Å². The van der Waals surface area contributed by atoms with Crippen LogP contribution in [0.5, 0.6) is 0 Å². The van der Waals surface area contributed by atoms with Crippen molar-refractivity contribution in [3.8, 4) is 0 Å². The van der Waals surface area contributed by atoms with Crippen LogP contribution in [0.25, 0.3) is 0 Å². The molecule has 0 saturated heterocycles. The number of sulfonamides is 1. The molecule has 2 rings (SSSR count). The van der Waals surface area contributed by atoms with Gasteiger partial charge in [0.1, 0.15) is 5.82 Å². The summed E-state index contributed by atoms with van der Waals surface area (Å²) in [5.74, 6) is -0.995. The fourth-order valence-electron chi connectivity index (χ4n) is 1.69. The molecule has 2 aromatic rings. The Morgan fingerprint density at radius 1 is 1.19 bits per heavy atom. The molecule has 0 bridgehead atoms. The topological polar surface area (TPSA) is 89.3 Å². The Bertz CT molecular complexity index is 804. The predicted molar refractivity (Wildman–Crippen MR) is 78.1 cm³/mol. The predicted octanol–water partition coefficient (Wildman–Crippen LogP) is 2.41. The fraction of sp³-hybridized carbons (Fsp3) is 0.0714. The lowest BCUT2D eigenvalue weighted by Gasteiger charge is -2.09. The van der Waals surface area contributed by atoms with E-state index in [0.29, 0.717) is 5.56 Å². The molecule has 0 amide bonds. The molecule has 7 heteroatoms. The van der Waals surface area contributed by atoms with Gasteiger partial charge in [-0.2, -0.15) is 0 Å². The van der Waals surface area contributed by atoms with Crippen LogP contribution in [0.15, 0.2) is 47.4 Å². The van der Waals surface area contributed by atoms with E-state index in [-0.39, 0.29) is 22.1 Å². The van der Waals surface area contributed by atoms with E-state index in [2.05, 4.69) is 4.72 Å². The minimum absolute atomic E-state index is 0.132. The maximum atomic E-state index is 13.4. The van der Waals surface area contributed by atoms with Crippen LogP contribution in [0.1, 0.15) is 17.3 Å². The first kappa shape index (κ1) is 15.0. The van der Waals surface area contributed by atoms with Crippen molar-refractivity contribution in [3.63, 3.8) is 0 Å². The van der Waals surface area contributed by atoms with Crippen LogP contribution in [-0.4, -0.2) is 14.2 Å². The van der Waals surface area contributed by atoms with Gasteiger partial charge in [-0.1, -0.05) is 12.1 Å². The largest absolute Gasteiger partial charge is 0.396 e. The molecule has 0 aliphatic rings. The average molecular weight is 308 g/mol. The van der Waals surface area contributed by atoms with Crippen LogP contribution in [0.4, 0.5) is 15.8 Å². The molecule has 0 atom stereocenters. The summed E-state index contributed by atoms with van der Waals surface area (Å²) in [5, 5.41) is 0. The van der Waals surface area contributed by atoms with Gasteiger partial charge in [0.15, 0.2) is 5.78 Å². The van der Waals surface area contributed by atoms with Gasteiger partial charge < -0.3 is 5.73 Å². The van der Waals surface area contributed by atoms with E-state index in [9.17, 15) is 17.6 Å². The Labute approximate surface area is 121 Å². The number of anilines is 2. The van der Waals surface area contributed by atoms with Gasteiger partial charge in [-0.15, -0.1) is 0 Å². The van der Waals surface area contributed by atoms with Gasteiger partial charge >= 0.3 is 0 Å². The third-order valence-electron chi connectivity index (χ3n) is 2.80. The molecule has 0 heterocycles. The van der Waals surface area contributed by atoms with Gasteiger partial charge in [0.05, 0.1) is 10.6 Å². The first-order chi connectivity index (χ1) is 9.79. The van der Waals surface area contributed by atoms with Crippen LogP contribution in [0.2, 0.25) is 0 Å².